The summed E-state index contributed by atoms with van der Waals surface area (Å²) in [4.78, 5) is 50.3. The molecule has 0 fully saturated rings. The Bertz CT molecular complexity index is 1190. The Labute approximate surface area is 379 Å². The van der Waals surface area contributed by atoms with Crippen molar-refractivity contribution in [2.24, 2.45) is 45.3 Å². The Morgan fingerprint density at radius 1 is 0.452 bits per heavy atom. The second-order valence-electron chi connectivity index (χ2n) is 22.3. The Balaban J connectivity index is 4.64. The lowest BCUT2D eigenvalue weighted by atomic mass is 9.80. The normalized spacial score (nSPS) is 15.4. The molecule has 0 aliphatic rings. The van der Waals surface area contributed by atoms with E-state index in [0.29, 0.717) is 60.6 Å². The predicted molar refractivity (Wildman–Crippen MR) is 251 cm³/mol. The topological polar surface area (TPSA) is 124 Å². The monoisotopic (exact) mass is 879 g/mol. The first-order chi connectivity index (χ1) is 28.7. The van der Waals surface area contributed by atoms with Crippen LogP contribution in [-0.4, -0.2) is 75.7 Å². The summed E-state index contributed by atoms with van der Waals surface area (Å²) in [5.74, 6) is 0.285. The minimum absolute atomic E-state index is 0.0885. The molecule has 62 heavy (non-hydrogen) atoms. The van der Waals surface area contributed by atoms with Gasteiger partial charge in [-0.25, -0.2) is 9.59 Å². The molecule has 0 aliphatic heterocycles. The highest BCUT2D eigenvalue weighted by atomic mass is 16.6. The summed E-state index contributed by atoms with van der Waals surface area (Å²) in [6.45, 7) is 38.3. The third-order valence-electron chi connectivity index (χ3n) is 11.2. The van der Waals surface area contributed by atoms with Crippen molar-refractivity contribution in [3.8, 4) is 0 Å². The van der Waals surface area contributed by atoms with Crippen LogP contribution < -0.4 is 0 Å². The lowest BCUT2D eigenvalue weighted by Gasteiger charge is -2.28. The van der Waals surface area contributed by atoms with Gasteiger partial charge in [0, 0.05) is 25.4 Å². The molecule has 0 rings (SSSR count). The smallest absolute Gasteiger partial charge is 0.330 e. The highest BCUT2D eigenvalue weighted by Gasteiger charge is 2.33. The van der Waals surface area contributed by atoms with Crippen molar-refractivity contribution < 1.29 is 47.6 Å². The number of hydrogen-bond donors (Lipinski definition) is 0. The van der Waals surface area contributed by atoms with Crippen molar-refractivity contribution in [2.75, 3.05) is 39.6 Å². The molecule has 6 unspecified atom stereocenters. The summed E-state index contributed by atoms with van der Waals surface area (Å²) in [5.41, 5.74) is -0.672. The summed E-state index contributed by atoms with van der Waals surface area (Å²) in [6.07, 6.45) is 14.6. The van der Waals surface area contributed by atoms with E-state index in [1.165, 1.54) is 25.7 Å². The first-order valence-corrected chi connectivity index (χ1v) is 23.9. The quantitative estimate of drug-likeness (QED) is 0.0263. The maximum Gasteiger partial charge on any atom is 0.330 e. The zero-order valence-corrected chi connectivity index (χ0v) is 42.3. The van der Waals surface area contributed by atoms with Crippen molar-refractivity contribution in [1.82, 2.24) is 0 Å². The summed E-state index contributed by atoms with van der Waals surface area (Å²) in [5, 5.41) is 0. The number of rotatable bonds is 35. The molecule has 6 atom stereocenters. The van der Waals surface area contributed by atoms with Crippen LogP contribution in [0, 0.1) is 45.3 Å². The first-order valence-electron chi connectivity index (χ1n) is 23.9. The van der Waals surface area contributed by atoms with Crippen LogP contribution in [0.1, 0.15) is 187 Å². The van der Waals surface area contributed by atoms with Crippen molar-refractivity contribution >= 4 is 23.9 Å². The summed E-state index contributed by atoms with van der Waals surface area (Å²) in [6, 6.07) is 0. The standard InChI is InChI=1S/C52H94O10/c1-17-45(53)61-43(37-59-47(55)51(13,14)33-41(5)27-23-25-39(3)31-49(7,8)9)35-57-29-21-19-20-22-30-58-36-44(62-46(54)18-2)38-60-48(56)52(15,16)34-42(6)28-24-26-40(4)32-50(10,11)12/h17-18,39-44H,1-2,19-38H2,3-16H3. The molecule has 0 heterocycles. The van der Waals surface area contributed by atoms with Crippen LogP contribution in [0.5, 0.6) is 0 Å². The molecule has 10 nitrogen and oxygen atoms in total. The number of carbonyl (C=O) groups is 4. The largest absolute Gasteiger partial charge is 0.461 e. The molecule has 0 spiro atoms. The van der Waals surface area contributed by atoms with E-state index in [1.807, 2.05) is 27.7 Å². The minimum Gasteiger partial charge on any atom is -0.461 e. The molecular formula is C52H94O10. The van der Waals surface area contributed by atoms with Gasteiger partial charge in [-0.15, -0.1) is 0 Å². The van der Waals surface area contributed by atoms with E-state index in [0.717, 1.165) is 63.5 Å². The molecule has 0 aromatic carbocycles. The maximum absolute atomic E-state index is 13.1. The Morgan fingerprint density at radius 3 is 1.05 bits per heavy atom. The van der Waals surface area contributed by atoms with Crippen LogP contribution in [0.15, 0.2) is 25.3 Å². The Morgan fingerprint density at radius 2 is 0.758 bits per heavy atom. The van der Waals surface area contributed by atoms with Gasteiger partial charge in [-0.05, 0) is 101 Å². The number of hydrogen-bond acceptors (Lipinski definition) is 10. The van der Waals surface area contributed by atoms with E-state index in [2.05, 4.69) is 82.4 Å². The van der Waals surface area contributed by atoms with E-state index >= 15 is 0 Å². The SMILES string of the molecule is C=CC(=O)OC(COCCCCCCOCC(COC(=O)C(C)(C)CC(C)CCCC(C)CC(C)(C)C)OC(=O)C=C)COC(=O)C(C)(C)CC(C)CCCC(C)CC(C)(C)C. The zero-order valence-electron chi connectivity index (χ0n) is 42.3. The molecule has 0 saturated heterocycles. The van der Waals surface area contributed by atoms with Crippen molar-refractivity contribution in [2.45, 2.75) is 199 Å². The van der Waals surface area contributed by atoms with Gasteiger partial charge in [-0.1, -0.05) is 134 Å². The molecule has 362 valence electrons. The van der Waals surface area contributed by atoms with E-state index < -0.39 is 35.0 Å². The molecule has 0 radical (unpaired) electrons. The van der Waals surface area contributed by atoms with Gasteiger partial charge in [0.2, 0.25) is 0 Å². The second kappa shape index (κ2) is 30.4. The zero-order chi connectivity index (χ0) is 47.6. The molecular weight excluding hydrogens is 785 g/mol. The summed E-state index contributed by atoms with van der Waals surface area (Å²) < 4.78 is 33.8. The third-order valence-corrected chi connectivity index (χ3v) is 11.2. The molecule has 0 bridgehead atoms. The van der Waals surface area contributed by atoms with Gasteiger partial charge in [0.15, 0.2) is 12.2 Å². The number of carbonyl (C=O) groups excluding carboxylic acids is 4. The Kier molecular flexibility index (Phi) is 29.1. The highest BCUT2D eigenvalue weighted by molar-refractivity contribution is 5.82. The third kappa shape index (κ3) is 31.2. The molecule has 0 saturated carbocycles. The molecule has 10 heteroatoms. The molecule has 0 aromatic heterocycles. The molecule has 0 aromatic rings. The molecule has 0 N–H and O–H groups in total. The fourth-order valence-corrected chi connectivity index (χ4v) is 8.61. The average molecular weight is 879 g/mol. The molecule has 0 amide bonds. The van der Waals surface area contributed by atoms with E-state index in [1.54, 1.807) is 0 Å². The van der Waals surface area contributed by atoms with Crippen LogP contribution in [0.4, 0.5) is 0 Å². The van der Waals surface area contributed by atoms with E-state index in [-0.39, 0.29) is 38.4 Å². The minimum atomic E-state index is -0.741. The summed E-state index contributed by atoms with van der Waals surface area (Å²) >= 11 is 0. The van der Waals surface area contributed by atoms with Gasteiger partial charge in [-0.2, -0.15) is 0 Å². The number of unbranched alkanes of at least 4 members (excludes halogenated alkanes) is 3. The van der Waals surface area contributed by atoms with Gasteiger partial charge >= 0.3 is 23.9 Å². The lowest BCUT2D eigenvalue weighted by molar-refractivity contribution is -0.166. The average Bonchev–Trinajstić information content (AvgIpc) is 3.13. The van der Waals surface area contributed by atoms with Gasteiger partial charge in [0.05, 0.1) is 24.0 Å². The Hall–Kier alpha value is -2.72. The van der Waals surface area contributed by atoms with Crippen molar-refractivity contribution in [1.29, 1.82) is 0 Å². The fourth-order valence-electron chi connectivity index (χ4n) is 8.61. The number of ether oxygens (including phenoxy) is 6. The lowest BCUT2D eigenvalue weighted by Crippen LogP contribution is -2.34. The maximum atomic E-state index is 13.1. The van der Waals surface area contributed by atoms with Crippen LogP contribution in [0.25, 0.3) is 0 Å². The fraction of sp³-hybridized carbons (Fsp3) is 0.846. The first kappa shape index (κ1) is 59.3. The molecule has 0 aliphatic carbocycles. The van der Waals surface area contributed by atoms with Crippen molar-refractivity contribution in [3.63, 3.8) is 0 Å². The van der Waals surface area contributed by atoms with Crippen LogP contribution in [-0.2, 0) is 47.6 Å². The highest BCUT2D eigenvalue weighted by Crippen LogP contribution is 2.33. The second-order valence-corrected chi connectivity index (χ2v) is 22.3. The van der Waals surface area contributed by atoms with Gasteiger partial charge in [0.25, 0.3) is 0 Å². The number of esters is 4. The summed E-state index contributed by atoms with van der Waals surface area (Å²) in [7, 11) is 0. The van der Waals surface area contributed by atoms with Crippen LogP contribution in [0.3, 0.4) is 0 Å². The van der Waals surface area contributed by atoms with Crippen molar-refractivity contribution in [3.05, 3.63) is 25.3 Å². The van der Waals surface area contributed by atoms with E-state index in [4.69, 9.17) is 28.4 Å². The predicted octanol–water partition coefficient (Wildman–Crippen LogP) is 12.5. The van der Waals surface area contributed by atoms with Crippen LogP contribution >= 0.6 is 0 Å². The van der Waals surface area contributed by atoms with Crippen LogP contribution in [0.2, 0.25) is 0 Å². The van der Waals surface area contributed by atoms with E-state index in [9.17, 15) is 19.2 Å². The van der Waals surface area contributed by atoms with Gasteiger partial charge < -0.3 is 28.4 Å². The van der Waals surface area contributed by atoms with Gasteiger partial charge in [0.1, 0.15) is 13.2 Å². The van der Waals surface area contributed by atoms with Gasteiger partial charge in [-0.3, -0.25) is 9.59 Å².